The molecule has 1 fully saturated rings. The SMILES string of the molecule is CN(C)S(=O)(=O)c1ccc(F)c(C(=O)N2CCC(c3cc4ncccc4[nH]3)CC2)c1. The number of benzene rings is 1. The number of nitrogens with zero attached hydrogens (tertiary/aromatic N) is 3. The molecule has 0 radical (unpaired) electrons. The summed E-state index contributed by atoms with van der Waals surface area (Å²) in [6.07, 6.45) is 3.21. The molecule has 7 nitrogen and oxygen atoms in total. The molecule has 30 heavy (non-hydrogen) atoms. The molecule has 1 N–H and O–H groups in total. The Balaban J connectivity index is 1.50. The quantitative estimate of drug-likeness (QED) is 0.690. The third kappa shape index (κ3) is 3.70. The maximum absolute atomic E-state index is 14.4. The van der Waals surface area contributed by atoms with Gasteiger partial charge in [0, 0.05) is 45.0 Å². The molecular weight excluding hydrogens is 407 g/mol. The summed E-state index contributed by atoms with van der Waals surface area (Å²) >= 11 is 0. The predicted molar refractivity (Wildman–Crippen MR) is 111 cm³/mol. The van der Waals surface area contributed by atoms with E-state index < -0.39 is 21.7 Å². The maximum Gasteiger partial charge on any atom is 0.256 e. The van der Waals surface area contributed by atoms with Gasteiger partial charge in [-0.15, -0.1) is 0 Å². The fourth-order valence-corrected chi connectivity index (χ4v) is 4.73. The Kier molecular flexibility index (Phi) is 5.33. The molecule has 9 heteroatoms. The normalized spacial score (nSPS) is 15.8. The fraction of sp³-hybridized carbons (Fsp3) is 0.333. The summed E-state index contributed by atoms with van der Waals surface area (Å²) in [6.45, 7) is 0.937. The molecule has 1 aliphatic rings. The minimum Gasteiger partial charge on any atom is -0.357 e. The molecule has 3 aromatic rings. The largest absolute Gasteiger partial charge is 0.357 e. The number of rotatable bonds is 4. The Morgan fingerprint density at radius 1 is 1.20 bits per heavy atom. The van der Waals surface area contributed by atoms with E-state index in [-0.39, 0.29) is 16.4 Å². The highest BCUT2D eigenvalue weighted by Crippen LogP contribution is 2.30. The standard InChI is InChI=1S/C21H23FN4O3S/c1-25(2)30(28,29)15-5-6-17(22)16(12-15)21(27)26-10-7-14(8-11-26)19-13-20-18(24-19)4-3-9-23-20/h3-6,9,12-14,24H,7-8,10-11H2,1-2H3. The van der Waals surface area contributed by atoms with E-state index in [4.69, 9.17) is 0 Å². The molecule has 158 valence electrons. The van der Waals surface area contributed by atoms with Crippen molar-refractivity contribution in [2.75, 3.05) is 27.2 Å². The van der Waals surface area contributed by atoms with Gasteiger partial charge in [-0.05, 0) is 49.2 Å². The minimum atomic E-state index is -3.75. The van der Waals surface area contributed by atoms with Crippen molar-refractivity contribution in [2.45, 2.75) is 23.7 Å². The van der Waals surface area contributed by atoms with Gasteiger partial charge in [-0.2, -0.15) is 0 Å². The zero-order chi connectivity index (χ0) is 21.5. The Bertz CT molecular complexity index is 1160. The molecule has 2 aromatic heterocycles. The van der Waals surface area contributed by atoms with Crippen molar-refractivity contribution in [1.82, 2.24) is 19.2 Å². The van der Waals surface area contributed by atoms with Crippen LogP contribution < -0.4 is 0 Å². The van der Waals surface area contributed by atoms with Crippen LogP contribution in [0.5, 0.6) is 0 Å². The minimum absolute atomic E-state index is 0.0993. The van der Waals surface area contributed by atoms with E-state index in [0.717, 1.165) is 46.0 Å². The number of likely N-dealkylation sites (tertiary alicyclic amines) is 1. The number of carbonyl (C=O) groups excluding carboxylic acids is 1. The van der Waals surface area contributed by atoms with Gasteiger partial charge in [0.25, 0.3) is 5.91 Å². The lowest BCUT2D eigenvalue weighted by molar-refractivity contribution is 0.0707. The van der Waals surface area contributed by atoms with E-state index >= 15 is 0 Å². The number of H-pyrrole nitrogens is 1. The van der Waals surface area contributed by atoms with E-state index in [1.165, 1.54) is 20.2 Å². The first kappa shape index (κ1) is 20.5. The van der Waals surface area contributed by atoms with E-state index in [1.807, 2.05) is 18.2 Å². The smallest absolute Gasteiger partial charge is 0.256 e. The molecule has 0 unspecified atom stereocenters. The average molecular weight is 431 g/mol. The van der Waals surface area contributed by atoms with E-state index in [0.29, 0.717) is 13.1 Å². The van der Waals surface area contributed by atoms with Crippen molar-refractivity contribution in [3.05, 3.63) is 59.7 Å². The lowest BCUT2D eigenvalue weighted by Gasteiger charge is -2.32. The molecule has 4 rings (SSSR count). The zero-order valence-corrected chi connectivity index (χ0v) is 17.6. The Morgan fingerprint density at radius 2 is 1.93 bits per heavy atom. The van der Waals surface area contributed by atoms with Gasteiger partial charge in [-0.1, -0.05) is 0 Å². The van der Waals surface area contributed by atoms with Crippen molar-refractivity contribution >= 4 is 27.0 Å². The van der Waals surface area contributed by atoms with Gasteiger partial charge in [0.1, 0.15) is 5.82 Å². The summed E-state index contributed by atoms with van der Waals surface area (Å²) < 4.78 is 40.1. The molecule has 0 spiro atoms. The number of piperidine rings is 1. The van der Waals surface area contributed by atoms with Crippen molar-refractivity contribution < 1.29 is 17.6 Å². The van der Waals surface area contributed by atoms with Gasteiger partial charge in [0.2, 0.25) is 10.0 Å². The number of nitrogens with one attached hydrogen (secondary N) is 1. The monoisotopic (exact) mass is 430 g/mol. The number of aromatic amines is 1. The Hall–Kier alpha value is -2.78. The third-order valence-electron chi connectivity index (χ3n) is 5.58. The number of aromatic nitrogens is 2. The van der Waals surface area contributed by atoms with E-state index in [1.54, 1.807) is 11.1 Å². The fourth-order valence-electron chi connectivity index (χ4n) is 3.80. The number of halogens is 1. The van der Waals surface area contributed by atoms with Crippen molar-refractivity contribution in [1.29, 1.82) is 0 Å². The Morgan fingerprint density at radius 3 is 2.60 bits per heavy atom. The van der Waals surface area contributed by atoms with Gasteiger partial charge < -0.3 is 9.88 Å². The van der Waals surface area contributed by atoms with Crippen LogP contribution in [0.15, 0.2) is 47.5 Å². The number of amides is 1. The maximum atomic E-state index is 14.4. The van der Waals surface area contributed by atoms with Crippen molar-refractivity contribution in [3.63, 3.8) is 0 Å². The zero-order valence-electron chi connectivity index (χ0n) is 16.8. The lowest BCUT2D eigenvalue weighted by atomic mass is 9.93. The second kappa shape index (κ2) is 7.81. The van der Waals surface area contributed by atoms with Crippen LogP contribution in [0.1, 0.15) is 34.8 Å². The first-order chi connectivity index (χ1) is 14.3. The third-order valence-corrected chi connectivity index (χ3v) is 7.39. The predicted octanol–water partition coefficient (Wildman–Crippen LogP) is 2.97. The molecule has 0 aliphatic carbocycles. The van der Waals surface area contributed by atoms with Crippen LogP contribution in [-0.4, -0.2) is 60.7 Å². The molecule has 3 heterocycles. The summed E-state index contributed by atoms with van der Waals surface area (Å²) in [7, 11) is -0.965. The molecule has 1 aromatic carbocycles. The highest BCUT2D eigenvalue weighted by atomic mass is 32.2. The summed E-state index contributed by atoms with van der Waals surface area (Å²) in [5.74, 6) is -0.949. The number of hydrogen-bond acceptors (Lipinski definition) is 4. The van der Waals surface area contributed by atoms with Gasteiger partial charge in [-0.25, -0.2) is 17.1 Å². The van der Waals surface area contributed by atoms with E-state index in [2.05, 4.69) is 9.97 Å². The van der Waals surface area contributed by atoms with Gasteiger partial charge in [-0.3, -0.25) is 9.78 Å². The molecule has 1 aliphatic heterocycles. The van der Waals surface area contributed by atoms with Gasteiger partial charge >= 0.3 is 0 Å². The van der Waals surface area contributed by atoms with Crippen LogP contribution in [0.2, 0.25) is 0 Å². The number of fused-ring (bicyclic) bond motifs is 1. The number of hydrogen-bond donors (Lipinski definition) is 1. The van der Waals surface area contributed by atoms with Crippen LogP contribution in [0, 0.1) is 5.82 Å². The first-order valence-electron chi connectivity index (χ1n) is 9.72. The highest BCUT2D eigenvalue weighted by Gasteiger charge is 2.28. The highest BCUT2D eigenvalue weighted by molar-refractivity contribution is 7.89. The molecule has 0 atom stereocenters. The summed E-state index contributed by atoms with van der Waals surface area (Å²) in [6, 6.07) is 9.23. The summed E-state index contributed by atoms with van der Waals surface area (Å²) in [4.78, 5) is 22.1. The van der Waals surface area contributed by atoms with Crippen LogP contribution >= 0.6 is 0 Å². The van der Waals surface area contributed by atoms with Crippen LogP contribution in [0.3, 0.4) is 0 Å². The summed E-state index contributed by atoms with van der Waals surface area (Å²) in [5.41, 5.74) is 2.76. The average Bonchev–Trinajstić information content (AvgIpc) is 3.18. The first-order valence-corrected chi connectivity index (χ1v) is 11.2. The molecular formula is C21H23FN4O3S. The number of carbonyl (C=O) groups is 1. The second-order valence-electron chi connectivity index (χ2n) is 7.66. The molecule has 1 saturated heterocycles. The Labute approximate surface area is 174 Å². The second-order valence-corrected chi connectivity index (χ2v) is 9.81. The van der Waals surface area contributed by atoms with Gasteiger partial charge in [0.15, 0.2) is 0 Å². The number of pyridine rings is 1. The number of sulfonamides is 1. The molecule has 0 bridgehead atoms. The molecule has 0 saturated carbocycles. The van der Waals surface area contributed by atoms with Crippen LogP contribution in [0.4, 0.5) is 4.39 Å². The van der Waals surface area contributed by atoms with Crippen molar-refractivity contribution in [3.8, 4) is 0 Å². The van der Waals surface area contributed by atoms with Crippen LogP contribution in [0.25, 0.3) is 11.0 Å². The van der Waals surface area contributed by atoms with Crippen molar-refractivity contribution in [2.24, 2.45) is 0 Å². The molecule has 1 amide bonds. The summed E-state index contributed by atoms with van der Waals surface area (Å²) in [5, 5.41) is 0. The lowest BCUT2D eigenvalue weighted by Crippen LogP contribution is -2.38. The topological polar surface area (TPSA) is 86.4 Å². The van der Waals surface area contributed by atoms with E-state index in [9.17, 15) is 17.6 Å². The van der Waals surface area contributed by atoms with Crippen LogP contribution in [-0.2, 0) is 10.0 Å². The van der Waals surface area contributed by atoms with Gasteiger partial charge in [0.05, 0.1) is 21.5 Å².